The second kappa shape index (κ2) is 7.74. The van der Waals surface area contributed by atoms with Crippen molar-refractivity contribution < 1.29 is 13.2 Å². The van der Waals surface area contributed by atoms with E-state index in [-0.39, 0.29) is 12.5 Å². The van der Waals surface area contributed by atoms with Gasteiger partial charge in [0.2, 0.25) is 15.9 Å². The van der Waals surface area contributed by atoms with Crippen molar-refractivity contribution in [1.29, 1.82) is 0 Å². The lowest BCUT2D eigenvalue weighted by Gasteiger charge is -2.20. The van der Waals surface area contributed by atoms with E-state index in [0.717, 1.165) is 12.7 Å². The zero-order valence-electron chi connectivity index (χ0n) is 11.1. The second-order valence-electron chi connectivity index (χ2n) is 5.06. The van der Waals surface area contributed by atoms with E-state index >= 15 is 0 Å². The van der Waals surface area contributed by atoms with Crippen molar-refractivity contribution in [3.8, 4) is 0 Å². The van der Waals surface area contributed by atoms with Crippen LogP contribution in [0.3, 0.4) is 0 Å². The maximum Gasteiger partial charge on any atom is 0.220 e. The zero-order chi connectivity index (χ0) is 13.4. The maximum atomic E-state index is 11.5. The first-order valence-electron chi connectivity index (χ1n) is 6.69. The lowest BCUT2D eigenvalue weighted by Crippen LogP contribution is -2.34. The SMILES string of the molecule is CS(=O)(=O)NCCNC(=O)CCC1CCCCC1. The summed E-state index contributed by atoms with van der Waals surface area (Å²) in [7, 11) is -3.15. The molecular weight excluding hydrogens is 252 g/mol. The summed E-state index contributed by atoms with van der Waals surface area (Å²) in [6, 6.07) is 0. The first-order valence-corrected chi connectivity index (χ1v) is 8.58. The molecule has 0 aromatic rings. The molecule has 2 N–H and O–H groups in total. The fraction of sp³-hybridized carbons (Fsp3) is 0.917. The summed E-state index contributed by atoms with van der Waals surface area (Å²) < 4.78 is 23.9. The average molecular weight is 276 g/mol. The molecular formula is C12H24N2O3S. The van der Waals surface area contributed by atoms with Crippen LogP contribution in [0.5, 0.6) is 0 Å². The third kappa shape index (κ3) is 7.66. The summed E-state index contributed by atoms with van der Waals surface area (Å²) in [5.41, 5.74) is 0. The third-order valence-electron chi connectivity index (χ3n) is 3.32. The number of hydrogen-bond acceptors (Lipinski definition) is 3. The third-order valence-corrected chi connectivity index (χ3v) is 4.04. The quantitative estimate of drug-likeness (QED) is 0.682. The minimum atomic E-state index is -3.15. The summed E-state index contributed by atoms with van der Waals surface area (Å²) in [5.74, 6) is 0.731. The van der Waals surface area contributed by atoms with Gasteiger partial charge in [0.1, 0.15) is 0 Å². The number of hydrogen-bond donors (Lipinski definition) is 2. The van der Waals surface area contributed by atoms with Crippen molar-refractivity contribution in [2.45, 2.75) is 44.9 Å². The molecule has 0 saturated heterocycles. The van der Waals surface area contributed by atoms with Gasteiger partial charge in [-0.25, -0.2) is 13.1 Å². The Morgan fingerprint density at radius 1 is 1.17 bits per heavy atom. The monoisotopic (exact) mass is 276 g/mol. The van der Waals surface area contributed by atoms with Gasteiger partial charge < -0.3 is 5.32 Å². The molecule has 1 aliphatic rings. The van der Waals surface area contributed by atoms with Gasteiger partial charge in [-0.15, -0.1) is 0 Å². The highest BCUT2D eigenvalue weighted by atomic mass is 32.2. The number of carbonyl (C=O) groups is 1. The van der Waals surface area contributed by atoms with E-state index in [4.69, 9.17) is 0 Å². The van der Waals surface area contributed by atoms with E-state index < -0.39 is 10.0 Å². The van der Waals surface area contributed by atoms with Crippen LogP contribution in [0.25, 0.3) is 0 Å². The molecule has 5 nitrogen and oxygen atoms in total. The second-order valence-corrected chi connectivity index (χ2v) is 6.89. The van der Waals surface area contributed by atoms with Crippen LogP contribution in [0, 0.1) is 5.92 Å². The van der Waals surface area contributed by atoms with Gasteiger partial charge in [-0.3, -0.25) is 4.79 Å². The lowest BCUT2D eigenvalue weighted by atomic mass is 9.86. The molecule has 0 bridgehead atoms. The van der Waals surface area contributed by atoms with Crippen LogP contribution in [-0.4, -0.2) is 33.7 Å². The van der Waals surface area contributed by atoms with Crippen LogP contribution in [0.4, 0.5) is 0 Å². The van der Waals surface area contributed by atoms with E-state index in [2.05, 4.69) is 10.0 Å². The smallest absolute Gasteiger partial charge is 0.220 e. The lowest BCUT2D eigenvalue weighted by molar-refractivity contribution is -0.121. The fourth-order valence-corrected chi connectivity index (χ4v) is 2.81. The zero-order valence-corrected chi connectivity index (χ0v) is 11.9. The molecule has 0 aromatic heterocycles. The summed E-state index contributed by atoms with van der Waals surface area (Å²) in [4.78, 5) is 11.5. The van der Waals surface area contributed by atoms with Gasteiger partial charge in [-0.1, -0.05) is 32.1 Å². The van der Waals surface area contributed by atoms with Crippen molar-refractivity contribution in [3.63, 3.8) is 0 Å². The van der Waals surface area contributed by atoms with E-state index in [1.807, 2.05) is 0 Å². The van der Waals surface area contributed by atoms with Gasteiger partial charge in [0.05, 0.1) is 6.26 Å². The topological polar surface area (TPSA) is 75.3 Å². The molecule has 1 amide bonds. The van der Waals surface area contributed by atoms with Crippen molar-refractivity contribution in [2.75, 3.05) is 19.3 Å². The van der Waals surface area contributed by atoms with Crippen LogP contribution >= 0.6 is 0 Å². The molecule has 0 spiro atoms. The Morgan fingerprint density at radius 2 is 1.83 bits per heavy atom. The molecule has 6 heteroatoms. The van der Waals surface area contributed by atoms with Gasteiger partial charge in [0.25, 0.3) is 0 Å². The Hall–Kier alpha value is -0.620. The first-order chi connectivity index (χ1) is 8.47. The Labute approximate surface area is 110 Å². The van der Waals surface area contributed by atoms with Gasteiger partial charge in [0.15, 0.2) is 0 Å². The van der Waals surface area contributed by atoms with Crippen molar-refractivity contribution in [2.24, 2.45) is 5.92 Å². The Balaban J connectivity index is 2.03. The largest absolute Gasteiger partial charge is 0.355 e. The number of sulfonamides is 1. The van der Waals surface area contributed by atoms with Crippen LogP contribution in [0.2, 0.25) is 0 Å². The molecule has 0 radical (unpaired) electrons. The molecule has 1 rings (SSSR count). The van der Waals surface area contributed by atoms with Crippen LogP contribution < -0.4 is 10.0 Å². The van der Waals surface area contributed by atoms with Crippen molar-refractivity contribution >= 4 is 15.9 Å². The van der Waals surface area contributed by atoms with Crippen LogP contribution in [0.1, 0.15) is 44.9 Å². The van der Waals surface area contributed by atoms with Crippen LogP contribution in [0.15, 0.2) is 0 Å². The highest BCUT2D eigenvalue weighted by Crippen LogP contribution is 2.26. The van der Waals surface area contributed by atoms with Gasteiger partial charge in [0, 0.05) is 19.5 Å². The Bertz CT molecular complexity index is 348. The molecule has 0 unspecified atom stereocenters. The molecule has 1 saturated carbocycles. The Morgan fingerprint density at radius 3 is 2.44 bits per heavy atom. The van der Waals surface area contributed by atoms with Crippen molar-refractivity contribution in [1.82, 2.24) is 10.0 Å². The standard InChI is InChI=1S/C12H24N2O3S/c1-18(16,17)14-10-9-13-12(15)8-7-11-5-3-2-4-6-11/h11,14H,2-10H2,1H3,(H,13,15). The van der Waals surface area contributed by atoms with E-state index in [1.54, 1.807) is 0 Å². The van der Waals surface area contributed by atoms with Crippen molar-refractivity contribution in [3.05, 3.63) is 0 Å². The Kier molecular flexibility index (Phi) is 6.63. The summed E-state index contributed by atoms with van der Waals surface area (Å²) >= 11 is 0. The fourth-order valence-electron chi connectivity index (χ4n) is 2.34. The summed E-state index contributed by atoms with van der Waals surface area (Å²) in [5, 5.41) is 2.73. The molecule has 0 heterocycles. The minimum absolute atomic E-state index is 0.0240. The van der Waals surface area contributed by atoms with Crippen LogP contribution in [-0.2, 0) is 14.8 Å². The normalized spacial score (nSPS) is 17.6. The molecule has 1 aliphatic carbocycles. The first kappa shape index (κ1) is 15.4. The van der Waals surface area contributed by atoms with Gasteiger partial charge >= 0.3 is 0 Å². The van der Waals surface area contributed by atoms with E-state index in [0.29, 0.717) is 18.9 Å². The minimum Gasteiger partial charge on any atom is -0.355 e. The molecule has 0 aliphatic heterocycles. The predicted molar refractivity (Wildman–Crippen MR) is 71.7 cm³/mol. The number of carbonyl (C=O) groups excluding carboxylic acids is 1. The number of amides is 1. The highest BCUT2D eigenvalue weighted by Gasteiger charge is 2.14. The molecule has 0 aromatic carbocycles. The highest BCUT2D eigenvalue weighted by molar-refractivity contribution is 7.88. The summed E-state index contributed by atoms with van der Waals surface area (Å²) in [6.07, 6.45) is 9.06. The average Bonchev–Trinajstić information content (AvgIpc) is 2.32. The molecule has 18 heavy (non-hydrogen) atoms. The van der Waals surface area contributed by atoms with E-state index in [9.17, 15) is 13.2 Å². The number of nitrogens with one attached hydrogen (secondary N) is 2. The number of rotatable bonds is 7. The molecule has 0 atom stereocenters. The van der Waals surface area contributed by atoms with Gasteiger partial charge in [-0.05, 0) is 12.3 Å². The predicted octanol–water partition coefficient (Wildman–Crippen LogP) is 1.01. The molecule has 106 valence electrons. The maximum absolute atomic E-state index is 11.5. The summed E-state index contributed by atoms with van der Waals surface area (Å²) in [6.45, 7) is 0.616. The van der Waals surface area contributed by atoms with E-state index in [1.165, 1.54) is 32.1 Å². The molecule has 1 fully saturated rings. The van der Waals surface area contributed by atoms with Gasteiger partial charge in [-0.2, -0.15) is 0 Å².